The summed E-state index contributed by atoms with van der Waals surface area (Å²) in [6.07, 6.45) is 25.3. The average Bonchev–Trinajstić information content (AvgIpc) is 3.00. The van der Waals surface area contributed by atoms with Crippen LogP contribution in [0.3, 0.4) is 0 Å². The van der Waals surface area contributed by atoms with Gasteiger partial charge in [-0.3, -0.25) is 18.2 Å². The molecule has 0 atom stereocenters. The van der Waals surface area contributed by atoms with E-state index in [1.54, 1.807) is 6.08 Å². The first-order chi connectivity index (χ1) is 7.91. The zero-order valence-electron chi connectivity index (χ0n) is 11.0. The third-order valence-corrected chi connectivity index (χ3v) is 1.90. The van der Waals surface area contributed by atoms with Crippen LogP contribution in [0.5, 0.6) is 0 Å². The van der Waals surface area contributed by atoms with Crippen molar-refractivity contribution in [1.82, 2.24) is 0 Å². The van der Waals surface area contributed by atoms with Crippen LogP contribution in [0.4, 0.5) is 0 Å². The Labute approximate surface area is 138 Å². The molecule has 0 bridgehead atoms. The van der Waals surface area contributed by atoms with Crippen LogP contribution in [0.1, 0.15) is 39.0 Å². The summed E-state index contributed by atoms with van der Waals surface area (Å²) in [5, 5.41) is 0. The van der Waals surface area contributed by atoms with Crippen molar-refractivity contribution in [2.75, 3.05) is 0 Å². The third kappa shape index (κ3) is 21.2. The maximum Gasteiger partial charge on any atom is 3.00 e. The van der Waals surface area contributed by atoms with E-state index < -0.39 is 0 Å². The zero-order chi connectivity index (χ0) is 11.9. The van der Waals surface area contributed by atoms with Crippen LogP contribution in [-0.4, -0.2) is 0 Å². The second-order valence-electron chi connectivity index (χ2n) is 3.38. The van der Waals surface area contributed by atoms with Gasteiger partial charge in [0.05, 0.1) is 0 Å². The summed E-state index contributed by atoms with van der Waals surface area (Å²) in [5.41, 5.74) is 0. The van der Waals surface area contributed by atoms with Crippen LogP contribution in [0, 0.1) is 18.7 Å². The Kier molecular flexibility index (Phi) is 28.2. The Morgan fingerprint density at radius 2 is 1.61 bits per heavy atom. The Morgan fingerprint density at radius 3 is 1.72 bits per heavy atom. The van der Waals surface area contributed by atoms with Gasteiger partial charge in [0.25, 0.3) is 0 Å². The molecule has 0 fully saturated rings. The van der Waals surface area contributed by atoms with E-state index in [0.29, 0.717) is 0 Å². The average molecular weight is 340 g/mol. The van der Waals surface area contributed by atoms with Crippen LogP contribution in [0.2, 0.25) is 0 Å². The van der Waals surface area contributed by atoms with Crippen LogP contribution >= 0.6 is 0 Å². The predicted octanol–water partition coefficient (Wildman–Crippen LogP) is 1.78. The fraction of sp³-hybridized carbons (Fsp3) is 0.375. The van der Waals surface area contributed by atoms with Gasteiger partial charge in [-0.25, -0.2) is 24.3 Å². The minimum Gasteiger partial charge on any atom is -1.00 e. The van der Waals surface area contributed by atoms with Gasteiger partial charge in [-0.05, 0) is 0 Å². The molecule has 2 heteroatoms. The van der Waals surface area contributed by atoms with Crippen molar-refractivity contribution in [3.05, 3.63) is 61.3 Å². The molecule has 0 nitrogen and oxygen atoms in total. The van der Waals surface area contributed by atoms with Crippen molar-refractivity contribution in [1.29, 1.82) is 0 Å². The molecule has 0 aromatic carbocycles. The van der Waals surface area contributed by atoms with Gasteiger partial charge in [-0.2, -0.15) is 12.2 Å². The van der Waals surface area contributed by atoms with Gasteiger partial charge in [0.1, 0.15) is 0 Å². The summed E-state index contributed by atoms with van der Waals surface area (Å²) >= 11 is 0. The molecule has 2 aliphatic rings. The van der Waals surface area contributed by atoms with E-state index in [0.717, 1.165) is 19.3 Å². The number of unbranched alkanes of at least 4 members (excludes halogenated alkanes) is 2. The van der Waals surface area contributed by atoms with Gasteiger partial charge < -0.3 is 19.0 Å². The van der Waals surface area contributed by atoms with Crippen LogP contribution in [0.15, 0.2) is 42.5 Å². The first kappa shape index (κ1) is 23.0. The molecule has 0 aromatic heterocycles. The van der Waals surface area contributed by atoms with Gasteiger partial charge >= 0.3 is 26.2 Å². The molecule has 1 radical (unpaired) electrons. The van der Waals surface area contributed by atoms with Crippen molar-refractivity contribution in [2.45, 2.75) is 39.0 Å². The van der Waals surface area contributed by atoms with E-state index in [2.05, 4.69) is 31.2 Å². The Morgan fingerprint density at radius 1 is 1.11 bits per heavy atom. The van der Waals surface area contributed by atoms with Crippen molar-refractivity contribution >= 4 is 0 Å². The normalized spacial score (nSPS) is 12.5. The molecule has 0 aliphatic heterocycles. The SMILES string of the molecule is [C-]1=CC=CC1.[C-]1=CC=CC1.[CH-]=CCCCC.[Cl-].[Zr+3]. The Balaban J connectivity index is -0.000000178. The fourth-order valence-corrected chi connectivity index (χ4v) is 1.00. The third-order valence-electron chi connectivity index (χ3n) is 1.90. The summed E-state index contributed by atoms with van der Waals surface area (Å²) in [6.45, 7) is 7.25. The smallest absolute Gasteiger partial charge is 1.00 e. The topological polar surface area (TPSA) is 0 Å². The minimum absolute atomic E-state index is 0. The molecular formula is C16H21ClZr-. The van der Waals surface area contributed by atoms with Crippen LogP contribution < -0.4 is 12.4 Å². The molecule has 2 aliphatic carbocycles. The second kappa shape index (κ2) is 22.1. The monoisotopic (exact) mass is 338 g/mol. The van der Waals surface area contributed by atoms with Gasteiger partial charge in [0.2, 0.25) is 0 Å². The Bertz CT molecular complexity index is 220. The van der Waals surface area contributed by atoms with Gasteiger partial charge in [-0.1, -0.05) is 26.2 Å². The molecule has 0 saturated carbocycles. The van der Waals surface area contributed by atoms with Crippen molar-refractivity contribution in [3.63, 3.8) is 0 Å². The second-order valence-corrected chi connectivity index (χ2v) is 3.38. The molecular weight excluding hydrogens is 319 g/mol. The minimum atomic E-state index is 0. The summed E-state index contributed by atoms with van der Waals surface area (Å²) in [4.78, 5) is 0. The van der Waals surface area contributed by atoms with Crippen molar-refractivity contribution in [2.24, 2.45) is 0 Å². The van der Waals surface area contributed by atoms with Crippen LogP contribution in [0.25, 0.3) is 0 Å². The molecule has 0 amide bonds. The van der Waals surface area contributed by atoms with E-state index in [1.807, 2.05) is 24.3 Å². The molecule has 0 spiro atoms. The molecule has 0 aromatic rings. The molecule has 0 unspecified atom stereocenters. The number of allylic oxidation sites excluding steroid dienone is 9. The number of rotatable bonds is 3. The quantitative estimate of drug-likeness (QED) is 0.543. The van der Waals surface area contributed by atoms with E-state index >= 15 is 0 Å². The first-order valence-corrected chi connectivity index (χ1v) is 5.88. The summed E-state index contributed by atoms with van der Waals surface area (Å²) < 4.78 is 0. The maximum absolute atomic E-state index is 5.09. The number of hydrogen-bond donors (Lipinski definition) is 0. The number of halogens is 1. The van der Waals surface area contributed by atoms with Gasteiger partial charge in [0, 0.05) is 0 Å². The molecule has 0 saturated heterocycles. The van der Waals surface area contributed by atoms with Crippen LogP contribution in [-0.2, 0) is 26.2 Å². The predicted molar refractivity (Wildman–Crippen MR) is 71.5 cm³/mol. The molecule has 0 N–H and O–H groups in total. The van der Waals surface area contributed by atoms with Crippen molar-refractivity contribution < 1.29 is 38.6 Å². The number of hydrogen-bond acceptors (Lipinski definition) is 0. The molecule has 18 heavy (non-hydrogen) atoms. The van der Waals surface area contributed by atoms with E-state index in [-0.39, 0.29) is 38.6 Å². The summed E-state index contributed by atoms with van der Waals surface area (Å²) in [7, 11) is 0. The maximum atomic E-state index is 5.09. The molecule has 97 valence electrons. The Hall–Kier alpha value is -0.127. The van der Waals surface area contributed by atoms with E-state index in [1.165, 1.54) is 12.8 Å². The molecule has 2 rings (SSSR count). The fourth-order valence-electron chi connectivity index (χ4n) is 1.00. The standard InChI is InChI=1S/C6H11.2C5H5.ClH.Zr/c1-3-5-6-4-2;2*1-2-4-5-3-1;;/h1,3H,4-6H2,2H3;2*1-3H,4H2;1H;/q3*-1;;+3/p-1. The van der Waals surface area contributed by atoms with Gasteiger partial charge in [0.15, 0.2) is 0 Å². The largest absolute Gasteiger partial charge is 3.00 e. The van der Waals surface area contributed by atoms with Gasteiger partial charge in [-0.15, -0.1) is 12.8 Å². The zero-order valence-corrected chi connectivity index (χ0v) is 14.2. The van der Waals surface area contributed by atoms with E-state index in [9.17, 15) is 0 Å². The van der Waals surface area contributed by atoms with E-state index in [4.69, 9.17) is 6.58 Å². The van der Waals surface area contributed by atoms with Crippen molar-refractivity contribution in [3.8, 4) is 0 Å². The summed E-state index contributed by atoms with van der Waals surface area (Å²) in [5.74, 6) is 0. The first-order valence-electron chi connectivity index (χ1n) is 5.88. The molecule has 0 heterocycles. The summed E-state index contributed by atoms with van der Waals surface area (Å²) in [6, 6.07) is 0.